The summed E-state index contributed by atoms with van der Waals surface area (Å²) in [5.41, 5.74) is 2.03. The standard InChI is InChI=1S/C19H23N3O2/c23-18(21-16-4-5-17-15(13-16)3-1-9-20-17)22-10-2-6-19(14-22)7-11-24-12-8-19/h1,3-5,9,13H,2,6-8,10-12,14H2,(H,21,23). The lowest BCUT2D eigenvalue weighted by molar-refractivity contribution is -0.0175. The number of fused-ring (bicyclic) bond motifs is 1. The molecule has 24 heavy (non-hydrogen) atoms. The molecule has 126 valence electrons. The van der Waals surface area contributed by atoms with E-state index in [2.05, 4.69) is 10.3 Å². The Kier molecular flexibility index (Phi) is 4.10. The number of benzene rings is 1. The van der Waals surface area contributed by atoms with Crippen LogP contribution in [0.25, 0.3) is 10.9 Å². The van der Waals surface area contributed by atoms with Crippen molar-refractivity contribution < 1.29 is 9.53 Å². The van der Waals surface area contributed by atoms with E-state index in [9.17, 15) is 4.79 Å². The molecule has 1 N–H and O–H groups in total. The van der Waals surface area contributed by atoms with Crippen LogP contribution in [0, 0.1) is 5.41 Å². The second kappa shape index (κ2) is 6.40. The maximum absolute atomic E-state index is 12.7. The lowest BCUT2D eigenvalue weighted by atomic mass is 9.74. The Morgan fingerprint density at radius 3 is 2.96 bits per heavy atom. The summed E-state index contributed by atoms with van der Waals surface area (Å²) in [4.78, 5) is 19.0. The summed E-state index contributed by atoms with van der Waals surface area (Å²) in [6.07, 6.45) is 6.20. The number of urea groups is 1. The van der Waals surface area contributed by atoms with Crippen LogP contribution in [0.1, 0.15) is 25.7 Å². The van der Waals surface area contributed by atoms with E-state index in [1.807, 2.05) is 35.2 Å². The molecule has 2 aliphatic heterocycles. The Labute approximate surface area is 142 Å². The molecular formula is C19H23N3O2. The monoisotopic (exact) mass is 325 g/mol. The molecule has 2 saturated heterocycles. The predicted octanol–water partition coefficient (Wildman–Crippen LogP) is 3.66. The van der Waals surface area contributed by atoms with Crippen molar-refractivity contribution in [3.8, 4) is 0 Å². The number of carbonyl (C=O) groups excluding carboxylic acids is 1. The molecule has 0 saturated carbocycles. The highest BCUT2D eigenvalue weighted by Gasteiger charge is 2.38. The highest BCUT2D eigenvalue weighted by atomic mass is 16.5. The first kappa shape index (κ1) is 15.4. The fraction of sp³-hybridized carbons (Fsp3) is 0.474. The highest BCUT2D eigenvalue weighted by molar-refractivity contribution is 5.92. The topological polar surface area (TPSA) is 54.5 Å². The quantitative estimate of drug-likeness (QED) is 0.870. The maximum atomic E-state index is 12.7. The number of carbonyl (C=O) groups is 1. The minimum absolute atomic E-state index is 0.00353. The van der Waals surface area contributed by atoms with Crippen molar-refractivity contribution in [3.05, 3.63) is 36.5 Å². The van der Waals surface area contributed by atoms with Gasteiger partial charge in [-0.3, -0.25) is 4.98 Å². The molecule has 0 bridgehead atoms. The molecule has 0 atom stereocenters. The van der Waals surface area contributed by atoms with Gasteiger partial charge in [0.1, 0.15) is 0 Å². The summed E-state index contributed by atoms with van der Waals surface area (Å²) in [5.74, 6) is 0. The van der Waals surface area contributed by atoms with E-state index in [0.29, 0.717) is 0 Å². The Morgan fingerprint density at radius 2 is 2.08 bits per heavy atom. The highest BCUT2D eigenvalue weighted by Crippen LogP contribution is 2.39. The van der Waals surface area contributed by atoms with Crippen molar-refractivity contribution in [2.75, 3.05) is 31.6 Å². The van der Waals surface area contributed by atoms with Gasteiger partial charge < -0.3 is 15.0 Å². The van der Waals surface area contributed by atoms with Gasteiger partial charge in [0, 0.05) is 43.6 Å². The van der Waals surface area contributed by atoms with Crippen molar-refractivity contribution in [3.63, 3.8) is 0 Å². The molecule has 3 heterocycles. The molecule has 0 unspecified atom stereocenters. The third kappa shape index (κ3) is 3.08. The molecule has 5 heteroatoms. The first-order valence-corrected chi connectivity index (χ1v) is 8.73. The van der Waals surface area contributed by atoms with Crippen LogP contribution >= 0.6 is 0 Å². The number of hydrogen-bond donors (Lipinski definition) is 1. The van der Waals surface area contributed by atoms with Crippen molar-refractivity contribution in [1.29, 1.82) is 0 Å². The van der Waals surface area contributed by atoms with E-state index in [1.54, 1.807) is 6.20 Å². The SMILES string of the molecule is O=C(Nc1ccc2ncccc2c1)N1CCCC2(CCOCC2)C1. The molecule has 1 spiro atoms. The van der Waals surface area contributed by atoms with Crippen LogP contribution in [0.2, 0.25) is 0 Å². The molecule has 0 radical (unpaired) electrons. The summed E-state index contributed by atoms with van der Waals surface area (Å²) < 4.78 is 5.50. The van der Waals surface area contributed by atoms with Gasteiger partial charge in [0.05, 0.1) is 5.52 Å². The number of anilines is 1. The van der Waals surface area contributed by atoms with Gasteiger partial charge in [-0.1, -0.05) is 6.07 Å². The van der Waals surface area contributed by atoms with Gasteiger partial charge in [0.2, 0.25) is 0 Å². The average molecular weight is 325 g/mol. The Balaban J connectivity index is 1.46. The first-order chi connectivity index (χ1) is 11.7. The Bertz CT molecular complexity index is 735. The number of nitrogens with one attached hydrogen (secondary N) is 1. The van der Waals surface area contributed by atoms with Crippen LogP contribution in [-0.2, 0) is 4.74 Å². The molecule has 2 amide bonds. The van der Waals surface area contributed by atoms with Gasteiger partial charge >= 0.3 is 6.03 Å². The van der Waals surface area contributed by atoms with E-state index in [-0.39, 0.29) is 11.4 Å². The second-order valence-electron chi connectivity index (χ2n) is 6.98. The summed E-state index contributed by atoms with van der Waals surface area (Å²) >= 11 is 0. The molecule has 2 aromatic rings. The minimum Gasteiger partial charge on any atom is -0.381 e. The van der Waals surface area contributed by atoms with Crippen LogP contribution in [0.5, 0.6) is 0 Å². The fourth-order valence-electron chi connectivity index (χ4n) is 3.95. The third-order valence-corrected chi connectivity index (χ3v) is 5.36. The summed E-state index contributed by atoms with van der Waals surface area (Å²) in [7, 11) is 0. The van der Waals surface area contributed by atoms with Crippen LogP contribution in [0.4, 0.5) is 10.5 Å². The molecule has 5 nitrogen and oxygen atoms in total. The van der Waals surface area contributed by atoms with Gasteiger partial charge in [0.25, 0.3) is 0 Å². The number of rotatable bonds is 1. The van der Waals surface area contributed by atoms with E-state index >= 15 is 0 Å². The molecule has 1 aromatic heterocycles. The summed E-state index contributed by atoms with van der Waals surface area (Å²) in [5, 5.41) is 4.09. The summed E-state index contributed by atoms with van der Waals surface area (Å²) in [6.45, 7) is 3.33. The lowest BCUT2D eigenvalue weighted by Crippen LogP contribution is -2.49. The number of ether oxygens (including phenoxy) is 1. The normalized spacial score (nSPS) is 20.2. The van der Waals surface area contributed by atoms with Gasteiger partial charge in [-0.05, 0) is 55.4 Å². The van der Waals surface area contributed by atoms with Crippen LogP contribution < -0.4 is 5.32 Å². The van der Waals surface area contributed by atoms with Gasteiger partial charge in [0.15, 0.2) is 0 Å². The van der Waals surface area contributed by atoms with E-state index in [4.69, 9.17) is 4.74 Å². The van der Waals surface area contributed by atoms with Crippen molar-refractivity contribution >= 4 is 22.6 Å². The number of amides is 2. The largest absolute Gasteiger partial charge is 0.381 e. The zero-order valence-corrected chi connectivity index (χ0v) is 13.8. The molecule has 2 fully saturated rings. The molecule has 1 aromatic carbocycles. The Morgan fingerprint density at radius 1 is 1.21 bits per heavy atom. The van der Waals surface area contributed by atoms with Crippen molar-refractivity contribution in [2.45, 2.75) is 25.7 Å². The van der Waals surface area contributed by atoms with Gasteiger partial charge in [-0.25, -0.2) is 4.79 Å². The van der Waals surface area contributed by atoms with Crippen LogP contribution in [0.15, 0.2) is 36.5 Å². The van der Waals surface area contributed by atoms with E-state index in [0.717, 1.165) is 62.2 Å². The van der Waals surface area contributed by atoms with Gasteiger partial charge in [-0.2, -0.15) is 0 Å². The van der Waals surface area contributed by atoms with E-state index < -0.39 is 0 Å². The molecule has 4 rings (SSSR count). The zero-order chi connectivity index (χ0) is 16.4. The number of pyridine rings is 1. The smallest absolute Gasteiger partial charge is 0.321 e. The minimum atomic E-state index is 0.00353. The molecule has 0 aliphatic carbocycles. The molecular weight excluding hydrogens is 302 g/mol. The van der Waals surface area contributed by atoms with Crippen molar-refractivity contribution in [1.82, 2.24) is 9.88 Å². The number of piperidine rings is 1. The van der Waals surface area contributed by atoms with Crippen molar-refractivity contribution in [2.24, 2.45) is 5.41 Å². The average Bonchev–Trinajstić information content (AvgIpc) is 2.62. The third-order valence-electron chi connectivity index (χ3n) is 5.36. The zero-order valence-electron chi connectivity index (χ0n) is 13.8. The number of hydrogen-bond acceptors (Lipinski definition) is 3. The first-order valence-electron chi connectivity index (χ1n) is 8.73. The number of aromatic nitrogens is 1. The number of likely N-dealkylation sites (tertiary alicyclic amines) is 1. The van der Waals surface area contributed by atoms with E-state index in [1.165, 1.54) is 6.42 Å². The molecule has 2 aliphatic rings. The van der Waals surface area contributed by atoms with Crippen LogP contribution in [0.3, 0.4) is 0 Å². The van der Waals surface area contributed by atoms with Gasteiger partial charge in [-0.15, -0.1) is 0 Å². The predicted molar refractivity (Wildman–Crippen MR) is 94.1 cm³/mol. The summed E-state index contributed by atoms with van der Waals surface area (Å²) in [6, 6.07) is 9.77. The lowest BCUT2D eigenvalue weighted by Gasteiger charge is -2.45. The Hall–Kier alpha value is -2.14. The maximum Gasteiger partial charge on any atom is 0.321 e. The number of nitrogens with zero attached hydrogens (tertiary/aromatic N) is 2. The van der Waals surface area contributed by atoms with Crippen LogP contribution in [-0.4, -0.2) is 42.2 Å². The second-order valence-corrected chi connectivity index (χ2v) is 6.98. The fourth-order valence-corrected chi connectivity index (χ4v) is 3.95.